The largest absolute Gasteiger partial charge is 0.313 e. The van der Waals surface area contributed by atoms with Crippen LogP contribution in [0.5, 0.6) is 0 Å². The molecule has 0 saturated carbocycles. The summed E-state index contributed by atoms with van der Waals surface area (Å²) in [6, 6.07) is 4.09. The van der Waals surface area contributed by atoms with Crippen LogP contribution in [0.1, 0.15) is 23.9 Å². The van der Waals surface area contributed by atoms with E-state index in [2.05, 4.69) is 35.3 Å². The van der Waals surface area contributed by atoms with Crippen molar-refractivity contribution in [3.8, 4) is 5.69 Å². The molecule has 4 nitrogen and oxygen atoms in total. The van der Waals surface area contributed by atoms with Crippen molar-refractivity contribution in [2.45, 2.75) is 27.3 Å². The van der Waals surface area contributed by atoms with Crippen LogP contribution in [-0.2, 0) is 6.54 Å². The summed E-state index contributed by atoms with van der Waals surface area (Å²) in [5.74, 6) is 0. The first-order valence-corrected chi connectivity index (χ1v) is 5.89. The van der Waals surface area contributed by atoms with Gasteiger partial charge in [-0.15, -0.1) is 0 Å². The van der Waals surface area contributed by atoms with Crippen LogP contribution in [-0.4, -0.2) is 21.3 Å². The zero-order chi connectivity index (χ0) is 12.3. The average Bonchev–Trinajstić information content (AvgIpc) is 2.66. The molecule has 2 aromatic rings. The molecule has 0 radical (unpaired) electrons. The van der Waals surface area contributed by atoms with Crippen molar-refractivity contribution in [3.05, 3.63) is 41.5 Å². The molecule has 0 fully saturated rings. The second-order valence-electron chi connectivity index (χ2n) is 4.12. The highest BCUT2D eigenvalue weighted by Crippen LogP contribution is 2.15. The van der Waals surface area contributed by atoms with Crippen molar-refractivity contribution in [2.24, 2.45) is 0 Å². The van der Waals surface area contributed by atoms with Gasteiger partial charge in [-0.25, -0.2) is 4.68 Å². The molecule has 2 aromatic heterocycles. The predicted molar refractivity (Wildman–Crippen MR) is 68.2 cm³/mol. The predicted octanol–water partition coefficient (Wildman–Crippen LogP) is 1.99. The molecule has 4 heteroatoms. The van der Waals surface area contributed by atoms with E-state index in [1.807, 2.05) is 23.9 Å². The van der Waals surface area contributed by atoms with Crippen LogP contribution < -0.4 is 5.32 Å². The van der Waals surface area contributed by atoms with Crippen molar-refractivity contribution in [1.82, 2.24) is 20.1 Å². The molecule has 2 rings (SSSR count). The Labute approximate surface area is 102 Å². The second kappa shape index (κ2) is 5.10. The summed E-state index contributed by atoms with van der Waals surface area (Å²) in [5.41, 5.74) is 4.45. The lowest BCUT2D eigenvalue weighted by molar-refractivity contribution is 0.710. The van der Waals surface area contributed by atoms with Crippen LogP contribution >= 0.6 is 0 Å². The first-order chi connectivity index (χ1) is 8.22. The minimum atomic E-state index is 0.817. The lowest BCUT2D eigenvalue weighted by Crippen LogP contribution is -2.15. The van der Waals surface area contributed by atoms with E-state index in [9.17, 15) is 0 Å². The van der Waals surface area contributed by atoms with Crippen LogP contribution in [0.2, 0.25) is 0 Å². The maximum atomic E-state index is 4.51. The smallest absolute Gasteiger partial charge is 0.0724 e. The van der Waals surface area contributed by atoms with E-state index in [-0.39, 0.29) is 0 Å². The van der Waals surface area contributed by atoms with Gasteiger partial charge in [-0.3, -0.25) is 4.98 Å². The molecule has 0 aliphatic heterocycles. The quantitative estimate of drug-likeness (QED) is 0.873. The van der Waals surface area contributed by atoms with E-state index < -0.39 is 0 Å². The Bertz CT molecular complexity index is 502. The number of aryl methyl sites for hydroxylation is 2. The fourth-order valence-electron chi connectivity index (χ4n) is 1.90. The van der Waals surface area contributed by atoms with Crippen LogP contribution in [0, 0.1) is 13.8 Å². The number of hydrogen-bond acceptors (Lipinski definition) is 3. The third-order valence-corrected chi connectivity index (χ3v) is 2.68. The van der Waals surface area contributed by atoms with Gasteiger partial charge >= 0.3 is 0 Å². The summed E-state index contributed by atoms with van der Waals surface area (Å²) in [6.45, 7) is 7.94. The Kier molecular flexibility index (Phi) is 3.54. The fourth-order valence-corrected chi connectivity index (χ4v) is 1.90. The van der Waals surface area contributed by atoms with Gasteiger partial charge in [0.05, 0.1) is 11.4 Å². The summed E-state index contributed by atoms with van der Waals surface area (Å²) in [4.78, 5) is 4.18. The third kappa shape index (κ3) is 2.53. The summed E-state index contributed by atoms with van der Waals surface area (Å²) in [6.07, 6.45) is 3.70. The highest BCUT2D eigenvalue weighted by molar-refractivity contribution is 5.39. The van der Waals surface area contributed by atoms with Crippen molar-refractivity contribution in [2.75, 3.05) is 6.54 Å². The average molecular weight is 230 g/mol. The van der Waals surface area contributed by atoms with Crippen molar-refractivity contribution in [3.63, 3.8) is 0 Å². The SMILES string of the molecule is CCNCc1cnccc1-n1nc(C)cc1C. The van der Waals surface area contributed by atoms with E-state index in [1.165, 1.54) is 5.56 Å². The van der Waals surface area contributed by atoms with Crippen molar-refractivity contribution in [1.29, 1.82) is 0 Å². The lowest BCUT2D eigenvalue weighted by Gasteiger charge is -2.10. The Hall–Kier alpha value is -1.68. The van der Waals surface area contributed by atoms with Gasteiger partial charge < -0.3 is 5.32 Å². The third-order valence-electron chi connectivity index (χ3n) is 2.68. The molecule has 0 aliphatic rings. The van der Waals surface area contributed by atoms with Crippen LogP contribution in [0.25, 0.3) is 5.69 Å². The minimum absolute atomic E-state index is 0.817. The Morgan fingerprint density at radius 3 is 2.82 bits per heavy atom. The molecule has 0 aliphatic carbocycles. The molecule has 0 atom stereocenters. The van der Waals surface area contributed by atoms with Crippen LogP contribution in [0.15, 0.2) is 24.5 Å². The zero-order valence-electron chi connectivity index (χ0n) is 10.6. The molecule has 1 N–H and O–H groups in total. The van der Waals surface area contributed by atoms with Crippen molar-refractivity contribution < 1.29 is 0 Å². The Balaban J connectivity index is 2.40. The molecular weight excluding hydrogens is 212 g/mol. The Morgan fingerprint density at radius 2 is 2.18 bits per heavy atom. The Morgan fingerprint density at radius 1 is 1.35 bits per heavy atom. The maximum absolute atomic E-state index is 4.51. The number of hydrogen-bond donors (Lipinski definition) is 1. The molecule has 0 saturated heterocycles. The van der Waals surface area contributed by atoms with Crippen molar-refractivity contribution >= 4 is 0 Å². The van der Waals surface area contributed by atoms with E-state index in [1.54, 1.807) is 6.20 Å². The molecule has 0 unspecified atom stereocenters. The number of aromatic nitrogens is 3. The fraction of sp³-hybridized carbons (Fsp3) is 0.385. The molecule has 0 bridgehead atoms. The lowest BCUT2D eigenvalue weighted by atomic mass is 10.2. The molecular formula is C13H18N4. The van der Waals surface area contributed by atoms with E-state index in [4.69, 9.17) is 0 Å². The first kappa shape index (κ1) is 11.8. The number of nitrogens with one attached hydrogen (secondary N) is 1. The topological polar surface area (TPSA) is 42.7 Å². The standard InChI is InChI=1S/C13H18N4/c1-4-14-8-12-9-15-6-5-13(12)17-11(3)7-10(2)16-17/h5-7,9,14H,4,8H2,1-3H3. The highest BCUT2D eigenvalue weighted by atomic mass is 15.3. The number of rotatable bonds is 4. The molecule has 0 amide bonds. The van der Waals surface area contributed by atoms with E-state index >= 15 is 0 Å². The minimum Gasteiger partial charge on any atom is -0.313 e. The van der Waals surface area contributed by atoms with E-state index in [0.29, 0.717) is 0 Å². The van der Waals surface area contributed by atoms with E-state index in [0.717, 1.165) is 30.2 Å². The van der Waals surface area contributed by atoms with Gasteiger partial charge in [-0.2, -0.15) is 5.10 Å². The van der Waals surface area contributed by atoms with Crippen LogP contribution in [0.4, 0.5) is 0 Å². The van der Waals surface area contributed by atoms with Gasteiger partial charge in [0.1, 0.15) is 0 Å². The maximum Gasteiger partial charge on any atom is 0.0724 e. The highest BCUT2D eigenvalue weighted by Gasteiger charge is 2.08. The van der Waals surface area contributed by atoms with Gasteiger partial charge in [-0.05, 0) is 32.5 Å². The van der Waals surface area contributed by atoms with Gasteiger partial charge in [0.15, 0.2) is 0 Å². The molecule has 2 heterocycles. The summed E-state index contributed by atoms with van der Waals surface area (Å²) in [5, 5.41) is 7.83. The van der Waals surface area contributed by atoms with Gasteiger partial charge in [0, 0.05) is 30.2 Å². The van der Waals surface area contributed by atoms with Gasteiger partial charge in [-0.1, -0.05) is 6.92 Å². The summed E-state index contributed by atoms with van der Waals surface area (Å²) < 4.78 is 1.98. The normalized spacial score (nSPS) is 10.8. The summed E-state index contributed by atoms with van der Waals surface area (Å²) >= 11 is 0. The molecule has 0 aromatic carbocycles. The monoisotopic (exact) mass is 230 g/mol. The zero-order valence-corrected chi connectivity index (χ0v) is 10.6. The number of nitrogens with zero attached hydrogens (tertiary/aromatic N) is 3. The molecule has 17 heavy (non-hydrogen) atoms. The molecule has 0 spiro atoms. The second-order valence-corrected chi connectivity index (χ2v) is 4.12. The molecule has 90 valence electrons. The van der Waals surface area contributed by atoms with Crippen LogP contribution in [0.3, 0.4) is 0 Å². The van der Waals surface area contributed by atoms with Gasteiger partial charge in [0.25, 0.3) is 0 Å². The summed E-state index contributed by atoms with van der Waals surface area (Å²) in [7, 11) is 0. The first-order valence-electron chi connectivity index (χ1n) is 5.89. The van der Waals surface area contributed by atoms with Gasteiger partial charge in [0.2, 0.25) is 0 Å². The number of pyridine rings is 1.